The molecule has 0 heterocycles. The Morgan fingerprint density at radius 3 is 2.67 bits per heavy atom. The van der Waals surface area contributed by atoms with Crippen LogP contribution in [0.15, 0.2) is 48.5 Å². The number of anilines is 1. The van der Waals surface area contributed by atoms with E-state index in [1.54, 1.807) is 7.05 Å². The quantitative estimate of drug-likeness (QED) is 0.652. The molecule has 1 amide bonds. The molecule has 0 fully saturated rings. The minimum atomic E-state index is -0.250. The molecule has 0 aliphatic carbocycles. The summed E-state index contributed by atoms with van der Waals surface area (Å²) in [5, 5.41) is 9.44. The third kappa shape index (κ3) is 3.89. The van der Waals surface area contributed by atoms with Crippen molar-refractivity contribution in [1.29, 1.82) is 0 Å². The summed E-state index contributed by atoms with van der Waals surface area (Å²) < 4.78 is 5.54. The SMILES string of the molecule is CN(CCOc1ccccc1)C(=O)c1cc(O)ccc1N. The van der Waals surface area contributed by atoms with Gasteiger partial charge in [-0.25, -0.2) is 0 Å². The molecule has 0 unspecified atom stereocenters. The summed E-state index contributed by atoms with van der Waals surface area (Å²) in [5.74, 6) is 0.525. The molecule has 0 radical (unpaired) electrons. The van der Waals surface area contributed by atoms with Crippen LogP contribution in [-0.2, 0) is 0 Å². The lowest BCUT2D eigenvalue weighted by Gasteiger charge is -2.18. The highest BCUT2D eigenvalue weighted by atomic mass is 16.5. The number of hydrogen-bond donors (Lipinski definition) is 2. The minimum absolute atomic E-state index is 0.0153. The van der Waals surface area contributed by atoms with Crippen LogP contribution >= 0.6 is 0 Å². The summed E-state index contributed by atoms with van der Waals surface area (Å²) >= 11 is 0. The van der Waals surface area contributed by atoms with E-state index in [1.165, 1.54) is 23.1 Å². The molecule has 110 valence electrons. The van der Waals surface area contributed by atoms with Gasteiger partial charge >= 0.3 is 0 Å². The number of rotatable bonds is 5. The number of para-hydroxylation sites is 1. The molecule has 0 saturated heterocycles. The van der Waals surface area contributed by atoms with Crippen LogP contribution in [0.4, 0.5) is 5.69 Å². The van der Waals surface area contributed by atoms with Gasteiger partial charge in [-0.2, -0.15) is 0 Å². The van der Waals surface area contributed by atoms with Gasteiger partial charge in [-0.15, -0.1) is 0 Å². The average Bonchev–Trinajstić information content (AvgIpc) is 2.50. The molecule has 5 nitrogen and oxygen atoms in total. The number of carbonyl (C=O) groups is 1. The largest absolute Gasteiger partial charge is 0.508 e. The van der Waals surface area contributed by atoms with E-state index in [0.29, 0.717) is 18.8 Å². The van der Waals surface area contributed by atoms with Crippen LogP contribution in [0.1, 0.15) is 10.4 Å². The molecule has 0 aliphatic rings. The van der Waals surface area contributed by atoms with Crippen LogP contribution in [0, 0.1) is 0 Å². The number of benzene rings is 2. The third-order valence-corrected chi connectivity index (χ3v) is 3.05. The molecule has 21 heavy (non-hydrogen) atoms. The van der Waals surface area contributed by atoms with E-state index >= 15 is 0 Å². The van der Waals surface area contributed by atoms with E-state index < -0.39 is 0 Å². The highest BCUT2D eigenvalue weighted by Crippen LogP contribution is 2.19. The Kier molecular flexibility index (Phi) is 4.66. The van der Waals surface area contributed by atoms with Crippen LogP contribution in [0.3, 0.4) is 0 Å². The highest BCUT2D eigenvalue weighted by Gasteiger charge is 2.15. The average molecular weight is 286 g/mol. The first kappa shape index (κ1) is 14.7. The summed E-state index contributed by atoms with van der Waals surface area (Å²) in [4.78, 5) is 13.7. The van der Waals surface area contributed by atoms with Gasteiger partial charge in [0.25, 0.3) is 5.91 Å². The summed E-state index contributed by atoms with van der Waals surface area (Å²) in [6.45, 7) is 0.799. The van der Waals surface area contributed by atoms with Crippen molar-refractivity contribution in [3.63, 3.8) is 0 Å². The molecule has 0 spiro atoms. The summed E-state index contributed by atoms with van der Waals surface area (Å²) in [6.07, 6.45) is 0. The molecule has 0 aliphatic heterocycles. The summed E-state index contributed by atoms with van der Waals surface area (Å²) in [6, 6.07) is 13.7. The Morgan fingerprint density at radius 2 is 1.95 bits per heavy atom. The fraction of sp³-hybridized carbons (Fsp3) is 0.188. The van der Waals surface area contributed by atoms with Crippen molar-refractivity contribution in [3.05, 3.63) is 54.1 Å². The number of nitrogen functional groups attached to an aromatic ring is 1. The van der Waals surface area contributed by atoms with E-state index in [9.17, 15) is 9.90 Å². The number of ether oxygens (including phenoxy) is 1. The van der Waals surface area contributed by atoms with Gasteiger partial charge in [0.05, 0.1) is 12.1 Å². The van der Waals surface area contributed by atoms with Crippen molar-refractivity contribution < 1.29 is 14.6 Å². The normalized spacial score (nSPS) is 10.1. The molecule has 2 aromatic carbocycles. The zero-order valence-corrected chi connectivity index (χ0v) is 11.8. The first-order valence-electron chi connectivity index (χ1n) is 6.59. The Labute approximate surface area is 123 Å². The second-order valence-electron chi connectivity index (χ2n) is 4.66. The van der Waals surface area contributed by atoms with Gasteiger partial charge in [0, 0.05) is 12.7 Å². The Balaban J connectivity index is 1.92. The van der Waals surface area contributed by atoms with Gasteiger partial charge in [-0.05, 0) is 30.3 Å². The number of phenolic OH excluding ortho intramolecular Hbond substituents is 1. The summed E-state index contributed by atoms with van der Waals surface area (Å²) in [5.41, 5.74) is 6.39. The van der Waals surface area contributed by atoms with E-state index in [1.807, 2.05) is 30.3 Å². The molecule has 5 heteroatoms. The number of nitrogens with two attached hydrogens (primary N) is 1. The van der Waals surface area contributed by atoms with E-state index in [-0.39, 0.29) is 17.2 Å². The number of amides is 1. The van der Waals surface area contributed by atoms with Gasteiger partial charge in [0.15, 0.2) is 0 Å². The number of aromatic hydroxyl groups is 1. The summed E-state index contributed by atoms with van der Waals surface area (Å²) in [7, 11) is 1.67. The van der Waals surface area contributed by atoms with Gasteiger partial charge in [-0.3, -0.25) is 4.79 Å². The first-order valence-corrected chi connectivity index (χ1v) is 6.59. The van der Waals surface area contributed by atoms with E-state index in [0.717, 1.165) is 5.75 Å². The second-order valence-corrected chi connectivity index (χ2v) is 4.66. The number of carbonyl (C=O) groups excluding carboxylic acids is 1. The molecule has 0 bridgehead atoms. The standard InChI is InChI=1S/C16H18N2O3/c1-18(9-10-21-13-5-3-2-4-6-13)16(20)14-11-12(19)7-8-15(14)17/h2-8,11,19H,9-10,17H2,1H3. The topological polar surface area (TPSA) is 75.8 Å². The van der Waals surface area contributed by atoms with Gasteiger partial charge in [0.1, 0.15) is 18.1 Å². The van der Waals surface area contributed by atoms with Crippen molar-refractivity contribution in [2.75, 3.05) is 25.9 Å². The van der Waals surface area contributed by atoms with Gasteiger partial charge in [0.2, 0.25) is 0 Å². The number of likely N-dealkylation sites (N-methyl/N-ethyl adjacent to an activating group) is 1. The lowest BCUT2D eigenvalue weighted by Crippen LogP contribution is -2.31. The predicted octanol–water partition coefficient (Wildman–Crippen LogP) is 2.13. The Morgan fingerprint density at radius 1 is 1.24 bits per heavy atom. The van der Waals surface area contributed by atoms with Gasteiger partial charge < -0.3 is 20.5 Å². The molecule has 2 aromatic rings. The van der Waals surface area contributed by atoms with Crippen LogP contribution in [-0.4, -0.2) is 36.1 Å². The fourth-order valence-corrected chi connectivity index (χ4v) is 1.85. The second kappa shape index (κ2) is 6.65. The van der Waals surface area contributed by atoms with Gasteiger partial charge in [-0.1, -0.05) is 18.2 Å². The Bertz CT molecular complexity index is 614. The zero-order chi connectivity index (χ0) is 15.2. The monoisotopic (exact) mass is 286 g/mol. The number of nitrogens with zero attached hydrogens (tertiary/aromatic N) is 1. The molecule has 3 N–H and O–H groups in total. The minimum Gasteiger partial charge on any atom is -0.508 e. The molecule has 0 aromatic heterocycles. The molecule has 0 atom stereocenters. The van der Waals surface area contributed by atoms with Crippen molar-refractivity contribution >= 4 is 11.6 Å². The van der Waals surface area contributed by atoms with E-state index in [4.69, 9.17) is 10.5 Å². The maximum Gasteiger partial charge on any atom is 0.255 e. The van der Waals surface area contributed by atoms with Crippen molar-refractivity contribution in [3.8, 4) is 11.5 Å². The lowest BCUT2D eigenvalue weighted by molar-refractivity contribution is 0.0774. The number of phenols is 1. The fourth-order valence-electron chi connectivity index (χ4n) is 1.85. The van der Waals surface area contributed by atoms with Crippen molar-refractivity contribution in [2.45, 2.75) is 0 Å². The van der Waals surface area contributed by atoms with Crippen LogP contribution in [0.5, 0.6) is 11.5 Å². The molecule has 2 rings (SSSR count). The third-order valence-electron chi connectivity index (χ3n) is 3.05. The van der Waals surface area contributed by atoms with Crippen LogP contribution in [0.25, 0.3) is 0 Å². The lowest BCUT2D eigenvalue weighted by atomic mass is 10.1. The number of hydrogen-bond acceptors (Lipinski definition) is 4. The Hall–Kier alpha value is -2.69. The maximum atomic E-state index is 12.2. The highest BCUT2D eigenvalue weighted by molar-refractivity contribution is 5.99. The molecular weight excluding hydrogens is 268 g/mol. The first-order chi connectivity index (χ1) is 10.1. The maximum absolute atomic E-state index is 12.2. The van der Waals surface area contributed by atoms with E-state index in [2.05, 4.69) is 0 Å². The molecular formula is C16H18N2O3. The van der Waals surface area contributed by atoms with Crippen LogP contribution < -0.4 is 10.5 Å². The van der Waals surface area contributed by atoms with Crippen molar-refractivity contribution in [2.24, 2.45) is 0 Å². The van der Waals surface area contributed by atoms with Crippen LogP contribution in [0.2, 0.25) is 0 Å². The van der Waals surface area contributed by atoms with Crippen molar-refractivity contribution in [1.82, 2.24) is 4.90 Å². The molecule has 0 saturated carbocycles. The zero-order valence-electron chi connectivity index (χ0n) is 11.8. The smallest absolute Gasteiger partial charge is 0.255 e. The predicted molar refractivity (Wildman–Crippen MR) is 81.4 cm³/mol.